The molecule has 0 atom stereocenters. The predicted octanol–water partition coefficient (Wildman–Crippen LogP) is 5.08. The average molecular weight is 287 g/mol. The van der Waals surface area contributed by atoms with Gasteiger partial charge in [0.2, 0.25) is 0 Å². The first-order valence-electron chi connectivity index (χ1n) is 7.19. The molecule has 21 heavy (non-hydrogen) atoms. The third kappa shape index (κ3) is 4.78. The molecule has 1 aromatic rings. The Labute approximate surface area is 127 Å². The monoisotopic (exact) mass is 287 g/mol. The molecule has 0 N–H and O–H groups in total. The van der Waals surface area contributed by atoms with Crippen molar-refractivity contribution in [3.8, 4) is 0 Å². The zero-order valence-corrected chi connectivity index (χ0v) is 13.5. The second-order valence-corrected chi connectivity index (χ2v) is 5.86. The normalized spacial score (nSPS) is 10.9. The van der Waals surface area contributed by atoms with Crippen LogP contribution in [0.5, 0.6) is 0 Å². The van der Waals surface area contributed by atoms with Crippen LogP contribution in [-0.2, 0) is 11.2 Å². The van der Waals surface area contributed by atoms with Gasteiger partial charge in [0.1, 0.15) is 5.60 Å². The van der Waals surface area contributed by atoms with Crippen molar-refractivity contribution in [1.29, 1.82) is 0 Å². The van der Waals surface area contributed by atoms with E-state index < -0.39 is 11.7 Å². The molecule has 0 unspecified atom stereocenters. The number of hydrogen-bond donors (Lipinski definition) is 0. The molecule has 0 bridgehead atoms. The van der Waals surface area contributed by atoms with Crippen LogP contribution >= 0.6 is 0 Å². The maximum atomic E-state index is 12.5. The van der Waals surface area contributed by atoms with Gasteiger partial charge < -0.3 is 4.74 Å². The lowest BCUT2D eigenvalue weighted by molar-refractivity contribution is 0.0591. The summed E-state index contributed by atoms with van der Waals surface area (Å²) in [6.07, 6.45) is 2.78. The van der Waals surface area contributed by atoms with E-state index in [2.05, 4.69) is 13.2 Å². The number of amides is 1. The molecule has 0 radical (unpaired) electrons. The fraction of sp³-hybridized carbons (Fsp3) is 0.389. The Balaban J connectivity index is 3.23. The first kappa shape index (κ1) is 17.0. The number of allylic oxidation sites excluding steroid dienone is 2. The molecular formula is C18H25NO2. The summed E-state index contributed by atoms with van der Waals surface area (Å²) in [7, 11) is 0. The van der Waals surface area contributed by atoms with E-state index in [0.29, 0.717) is 18.5 Å². The van der Waals surface area contributed by atoms with Gasteiger partial charge in [-0.05, 0) is 45.2 Å². The van der Waals surface area contributed by atoms with Crippen LogP contribution in [-0.4, -0.2) is 11.7 Å². The third-order valence-corrected chi connectivity index (χ3v) is 2.90. The lowest BCUT2D eigenvalue weighted by Crippen LogP contribution is -2.36. The molecule has 0 aliphatic carbocycles. The molecule has 0 saturated carbocycles. The highest BCUT2D eigenvalue weighted by Crippen LogP contribution is 2.27. The van der Waals surface area contributed by atoms with E-state index >= 15 is 0 Å². The summed E-state index contributed by atoms with van der Waals surface area (Å²) in [6.45, 7) is 15.3. The predicted molar refractivity (Wildman–Crippen MR) is 88.5 cm³/mol. The van der Waals surface area contributed by atoms with Crippen molar-refractivity contribution < 1.29 is 9.53 Å². The van der Waals surface area contributed by atoms with E-state index in [1.807, 2.05) is 58.0 Å². The van der Waals surface area contributed by atoms with Gasteiger partial charge >= 0.3 is 6.09 Å². The van der Waals surface area contributed by atoms with Gasteiger partial charge in [0.25, 0.3) is 0 Å². The van der Waals surface area contributed by atoms with Crippen LogP contribution in [0, 0.1) is 0 Å². The van der Waals surface area contributed by atoms with Crippen molar-refractivity contribution >= 4 is 11.8 Å². The highest BCUT2D eigenvalue weighted by Gasteiger charge is 2.26. The average Bonchev–Trinajstić information content (AvgIpc) is 2.39. The van der Waals surface area contributed by atoms with Crippen LogP contribution in [0.3, 0.4) is 0 Å². The molecule has 1 rings (SSSR count). The Hall–Kier alpha value is -2.03. The van der Waals surface area contributed by atoms with Crippen LogP contribution in [0.15, 0.2) is 49.2 Å². The van der Waals surface area contributed by atoms with Crippen LogP contribution in [0.2, 0.25) is 0 Å². The van der Waals surface area contributed by atoms with Crippen molar-refractivity contribution in [2.75, 3.05) is 4.90 Å². The van der Waals surface area contributed by atoms with Crippen molar-refractivity contribution in [2.24, 2.45) is 0 Å². The van der Waals surface area contributed by atoms with Gasteiger partial charge in [-0.25, -0.2) is 4.79 Å². The molecule has 0 spiro atoms. The van der Waals surface area contributed by atoms with E-state index in [9.17, 15) is 4.79 Å². The number of rotatable bonds is 5. The summed E-state index contributed by atoms with van der Waals surface area (Å²) in [4.78, 5) is 14.1. The zero-order valence-electron chi connectivity index (χ0n) is 13.5. The molecule has 1 aromatic carbocycles. The number of nitrogens with zero attached hydrogens (tertiary/aromatic N) is 1. The highest BCUT2D eigenvalue weighted by molar-refractivity contribution is 5.92. The van der Waals surface area contributed by atoms with Crippen molar-refractivity contribution in [1.82, 2.24) is 0 Å². The SMILES string of the molecule is C=CCc1ccccc1N(C(=C)CC)C(=O)OC(C)(C)C. The Morgan fingerprint density at radius 3 is 2.48 bits per heavy atom. The number of para-hydroxylation sites is 1. The fourth-order valence-corrected chi connectivity index (χ4v) is 1.92. The lowest BCUT2D eigenvalue weighted by atomic mass is 10.1. The van der Waals surface area contributed by atoms with Crippen LogP contribution < -0.4 is 4.90 Å². The number of ether oxygens (including phenoxy) is 1. The Bertz CT molecular complexity index is 526. The second kappa shape index (κ2) is 7.11. The topological polar surface area (TPSA) is 29.5 Å². The number of hydrogen-bond acceptors (Lipinski definition) is 2. The van der Waals surface area contributed by atoms with Gasteiger partial charge in [-0.2, -0.15) is 0 Å². The van der Waals surface area contributed by atoms with Crippen LogP contribution in [0.25, 0.3) is 0 Å². The summed E-state index contributed by atoms with van der Waals surface area (Å²) < 4.78 is 5.51. The zero-order chi connectivity index (χ0) is 16.0. The summed E-state index contributed by atoms with van der Waals surface area (Å²) in [5.41, 5.74) is 1.99. The number of carbonyl (C=O) groups excluding carboxylic acids is 1. The van der Waals surface area contributed by atoms with Gasteiger partial charge in [-0.15, -0.1) is 6.58 Å². The minimum atomic E-state index is -0.545. The number of carbonyl (C=O) groups is 1. The molecule has 3 nitrogen and oxygen atoms in total. The molecule has 114 valence electrons. The Morgan fingerprint density at radius 2 is 1.95 bits per heavy atom. The van der Waals surface area contributed by atoms with E-state index in [1.165, 1.54) is 0 Å². The van der Waals surface area contributed by atoms with E-state index in [0.717, 1.165) is 11.3 Å². The molecule has 0 saturated heterocycles. The van der Waals surface area contributed by atoms with Crippen molar-refractivity contribution in [2.45, 2.75) is 46.1 Å². The maximum Gasteiger partial charge on any atom is 0.419 e. The molecule has 0 heterocycles. The first-order valence-corrected chi connectivity index (χ1v) is 7.19. The maximum absolute atomic E-state index is 12.5. The quantitative estimate of drug-likeness (QED) is 0.707. The van der Waals surface area contributed by atoms with Gasteiger partial charge in [-0.1, -0.05) is 37.8 Å². The first-order chi connectivity index (χ1) is 9.80. The van der Waals surface area contributed by atoms with Crippen molar-refractivity contribution in [3.05, 3.63) is 54.8 Å². The van der Waals surface area contributed by atoms with Crippen LogP contribution in [0.4, 0.5) is 10.5 Å². The highest BCUT2D eigenvalue weighted by atomic mass is 16.6. The standard InChI is InChI=1S/C18H25NO2/c1-7-11-15-12-9-10-13-16(15)19(14(3)8-2)17(20)21-18(4,5)6/h7,9-10,12-13H,1,3,8,11H2,2,4-6H3. The molecule has 0 aliphatic heterocycles. The summed E-state index contributed by atoms with van der Waals surface area (Å²) in [5, 5.41) is 0. The van der Waals surface area contributed by atoms with Gasteiger partial charge in [0.05, 0.1) is 5.69 Å². The molecule has 0 aromatic heterocycles. The van der Waals surface area contributed by atoms with Gasteiger partial charge in [0.15, 0.2) is 0 Å². The van der Waals surface area contributed by atoms with Gasteiger partial charge in [0, 0.05) is 5.70 Å². The molecular weight excluding hydrogens is 262 g/mol. The number of anilines is 1. The molecule has 3 heteroatoms. The largest absolute Gasteiger partial charge is 0.443 e. The minimum Gasteiger partial charge on any atom is -0.443 e. The smallest absolute Gasteiger partial charge is 0.419 e. The van der Waals surface area contributed by atoms with E-state index in [4.69, 9.17) is 4.74 Å². The summed E-state index contributed by atoms with van der Waals surface area (Å²) in [5.74, 6) is 0. The Morgan fingerprint density at radius 1 is 1.33 bits per heavy atom. The van der Waals surface area contributed by atoms with E-state index in [-0.39, 0.29) is 0 Å². The van der Waals surface area contributed by atoms with E-state index in [1.54, 1.807) is 4.90 Å². The number of benzene rings is 1. The summed E-state index contributed by atoms with van der Waals surface area (Å²) in [6, 6.07) is 7.74. The molecule has 0 aliphatic rings. The van der Waals surface area contributed by atoms with Crippen LogP contribution in [0.1, 0.15) is 39.7 Å². The van der Waals surface area contributed by atoms with Gasteiger partial charge in [-0.3, -0.25) is 4.90 Å². The molecule has 0 fully saturated rings. The fourth-order valence-electron chi connectivity index (χ4n) is 1.92. The van der Waals surface area contributed by atoms with Crippen molar-refractivity contribution in [3.63, 3.8) is 0 Å². The molecule has 1 amide bonds. The minimum absolute atomic E-state index is 0.397. The lowest BCUT2D eigenvalue weighted by Gasteiger charge is -2.29. The summed E-state index contributed by atoms with van der Waals surface area (Å²) >= 11 is 0. The second-order valence-electron chi connectivity index (χ2n) is 5.86. The Kier molecular flexibility index (Phi) is 5.77. The third-order valence-electron chi connectivity index (χ3n) is 2.90.